The van der Waals surface area contributed by atoms with Gasteiger partial charge < -0.3 is 18.0 Å². The molecule has 0 saturated heterocycles. The topological polar surface area (TPSA) is 54.0 Å². The summed E-state index contributed by atoms with van der Waals surface area (Å²) in [5.74, 6) is -0.179. The van der Waals surface area contributed by atoms with Gasteiger partial charge in [-0.3, -0.25) is 4.79 Å². The lowest BCUT2D eigenvalue weighted by molar-refractivity contribution is -0.143. The van der Waals surface area contributed by atoms with Gasteiger partial charge in [0.15, 0.2) is 0 Å². The lowest BCUT2D eigenvalue weighted by atomic mass is 10.5. The maximum atomic E-state index is 11.2. The molecule has 0 aliphatic carbocycles. The van der Waals surface area contributed by atoms with Crippen LogP contribution in [0.15, 0.2) is 0 Å². The van der Waals surface area contributed by atoms with Crippen molar-refractivity contribution in [2.24, 2.45) is 0 Å². The molecule has 0 spiro atoms. The van der Waals surface area contributed by atoms with E-state index < -0.39 is 8.80 Å². The van der Waals surface area contributed by atoms with Crippen molar-refractivity contribution in [3.8, 4) is 0 Å². The highest BCUT2D eigenvalue weighted by molar-refractivity contribution is 6.60. The molecule has 0 rings (SSSR count). The van der Waals surface area contributed by atoms with E-state index in [4.69, 9.17) is 18.0 Å². The molecule has 0 N–H and O–H groups in total. The summed E-state index contributed by atoms with van der Waals surface area (Å²) in [6.07, 6.45) is 1.19. The van der Waals surface area contributed by atoms with Crippen molar-refractivity contribution in [3.63, 3.8) is 0 Å². The van der Waals surface area contributed by atoms with Crippen molar-refractivity contribution in [1.29, 1.82) is 0 Å². The Labute approximate surface area is 130 Å². The number of carbonyl (C=O) groups excluding carboxylic acids is 1. The van der Waals surface area contributed by atoms with Gasteiger partial charge in [0.1, 0.15) is 0 Å². The van der Waals surface area contributed by atoms with Crippen LogP contribution in [0.1, 0.15) is 61.3 Å². The average molecular weight is 321 g/mol. The van der Waals surface area contributed by atoms with Crippen molar-refractivity contribution >= 4 is 14.8 Å². The van der Waals surface area contributed by atoms with Crippen molar-refractivity contribution in [2.45, 2.75) is 85.7 Å². The maximum absolute atomic E-state index is 11.2. The third-order valence-corrected chi connectivity index (χ3v) is 5.88. The molecule has 0 radical (unpaired) electrons. The molecule has 6 heteroatoms. The first-order valence-electron chi connectivity index (χ1n) is 7.89. The zero-order valence-corrected chi connectivity index (χ0v) is 15.6. The third-order valence-electron chi connectivity index (χ3n) is 2.42. The van der Waals surface area contributed by atoms with E-state index in [2.05, 4.69) is 0 Å². The first kappa shape index (κ1) is 20.6. The van der Waals surface area contributed by atoms with Crippen LogP contribution < -0.4 is 0 Å². The summed E-state index contributed by atoms with van der Waals surface area (Å²) < 4.78 is 23.3. The lowest BCUT2D eigenvalue weighted by Gasteiger charge is -2.34. The Kier molecular flexibility index (Phi) is 10.1. The Bertz CT molecular complexity index is 265. The second kappa shape index (κ2) is 10.3. The second-order valence-corrected chi connectivity index (χ2v) is 8.43. The fourth-order valence-corrected chi connectivity index (χ4v) is 5.17. The molecule has 126 valence electrons. The first-order chi connectivity index (χ1) is 9.70. The highest BCUT2D eigenvalue weighted by Gasteiger charge is 2.43. The Hall–Kier alpha value is -0.433. The second-order valence-electron chi connectivity index (χ2n) is 5.86. The largest absolute Gasteiger partial charge is 0.501 e. The van der Waals surface area contributed by atoms with Gasteiger partial charge in [-0.2, -0.15) is 0 Å². The van der Waals surface area contributed by atoms with Crippen LogP contribution >= 0.6 is 0 Å². The van der Waals surface area contributed by atoms with E-state index >= 15 is 0 Å². The molecule has 0 saturated carbocycles. The molecule has 21 heavy (non-hydrogen) atoms. The molecule has 0 aromatic carbocycles. The monoisotopic (exact) mass is 320 g/mol. The van der Waals surface area contributed by atoms with E-state index in [1.54, 1.807) is 6.92 Å². The lowest BCUT2D eigenvalue weighted by Crippen LogP contribution is -2.50. The van der Waals surface area contributed by atoms with Gasteiger partial charge in [0.2, 0.25) is 0 Å². The quantitative estimate of drug-likeness (QED) is 0.331. The molecule has 5 nitrogen and oxygen atoms in total. The van der Waals surface area contributed by atoms with Crippen LogP contribution in [0.25, 0.3) is 0 Å². The van der Waals surface area contributed by atoms with E-state index in [0.29, 0.717) is 25.5 Å². The molecule has 0 aliphatic heterocycles. The normalized spacial score (nSPS) is 12.5. The number of hydrogen-bond donors (Lipinski definition) is 0. The van der Waals surface area contributed by atoms with Gasteiger partial charge in [-0.1, -0.05) is 6.92 Å². The van der Waals surface area contributed by atoms with Crippen LogP contribution in [-0.4, -0.2) is 39.7 Å². The van der Waals surface area contributed by atoms with Gasteiger partial charge in [0.25, 0.3) is 0 Å². The standard InChI is InChI=1S/C15H32O5Si/c1-8-15(16)17-10-9-11-21(18-12(2)3,19-13(4)5)20-14(6)7/h12-14H,8-11H2,1-7H3. The number of rotatable bonds is 11. The van der Waals surface area contributed by atoms with Gasteiger partial charge in [-0.25, -0.2) is 0 Å². The SMILES string of the molecule is CCC(=O)OCCC[Si](OC(C)C)(OC(C)C)OC(C)C. The number of hydrogen-bond acceptors (Lipinski definition) is 5. The van der Waals surface area contributed by atoms with E-state index in [9.17, 15) is 4.79 Å². The van der Waals surface area contributed by atoms with Gasteiger partial charge in [0.05, 0.1) is 6.61 Å². The van der Waals surface area contributed by atoms with Crippen molar-refractivity contribution in [2.75, 3.05) is 6.61 Å². The maximum Gasteiger partial charge on any atom is 0.501 e. The summed E-state index contributed by atoms with van der Waals surface area (Å²) in [6.45, 7) is 14.0. The molecule has 0 aromatic rings. The molecule has 0 amide bonds. The predicted octanol–water partition coefficient (Wildman–Crippen LogP) is 3.54. The minimum atomic E-state index is -2.76. The Morgan fingerprint density at radius 3 is 1.67 bits per heavy atom. The fraction of sp³-hybridized carbons (Fsp3) is 0.933. The molecular weight excluding hydrogens is 288 g/mol. The van der Waals surface area contributed by atoms with E-state index in [1.807, 2.05) is 41.5 Å². The minimum Gasteiger partial charge on any atom is -0.466 e. The summed E-state index contributed by atoms with van der Waals surface area (Å²) in [7, 11) is -2.76. The van der Waals surface area contributed by atoms with Gasteiger partial charge in [-0.15, -0.1) is 0 Å². The Morgan fingerprint density at radius 1 is 0.905 bits per heavy atom. The molecule has 0 fully saturated rings. The smallest absolute Gasteiger partial charge is 0.466 e. The van der Waals surface area contributed by atoms with Crippen LogP contribution in [0, 0.1) is 0 Å². The zero-order valence-electron chi connectivity index (χ0n) is 14.6. The molecule has 0 bridgehead atoms. The van der Waals surface area contributed by atoms with Gasteiger partial charge >= 0.3 is 14.8 Å². The average Bonchev–Trinajstić information content (AvgIpc) is 2.31. The van der Waals surface area contributed by atoms with Gasteiger partial charge in [-0.05, 0) is 48.0 Å². The van der Waals surface area contributed by atoms with E-state index in [-0.39, 0.29) is 24.3 Å². The van der Waals surface area contributed by atoms with Gasteiger partial charge in [0, 0.05) is 30.8 Å². The Morgan fingerprint density at radius 2 is 1.33 bits per heavy atom. The summed E-state index contributed by atoms with van der Waals surface area (Å²) in [5, 5.41) is 0. The fourth-order valence-electron chi connectivity index (χ4n) is 1.91. The van der Waals surface area contributed by atoms with Crippen LogP contribution in [0.5, 0.6) is 0 Å². The summed E-state index contributed by atoms with van der Waals surface area (Å²) in [5.41, 5.74) is 0. The number of carbonyl (C=O) groups is 1. The first-order valence-corrected chi connectivity index (χ1v) is 9.83. The molecular formula is C15H32O5Si. The molecule has 0 heterocycles. The Balaban J connectivity index is 4.68. The summed E-state index contributed by atoms with van der Waals surface area (Å²) in [4.78, 5) is 11.2. The summed E-state index contributed by atoms with van der Waals surface area (Å²) >= 11 is 0. The van der Waals surface area contributed by atoms with Crippen LogP contribution in [0.3, 0.4) is 0 Å². The highest BCUT2D eigenvalue weighted by Crippen LogP contribution is 2.23. The number of esters is 1. The summed E-state index contributed by atoms with van der Waals surface area (Å²) in [6, 6.07) is 0.651. The van der Waals surface area contributed by atoms with E-state index in [1.165, 1.54) is 0 Å². The van der Waals surface area contributed by atoms with E-state index in [0.717, 1.165) is 0 Å². The minimum absolute atomic E-state index is 0.0346. The highest BCUT2D eigenvalue weighted by atomic mass is 28.4. The van der Waals surface area contributed by atoms with Crippen LogP contribution in [0.2, 0.25) is 6.04 Å². The third kappa shape index (κ3) is 10.0. The van der Waals surface area contributed by atoms with Crippen molar-refractivity contribution in [3.05, 3.63) is 0 Å². The zero-order chi connectivity index (χ0) is 16.5. The van der Waals surface area contributed by atoms with Crippen molar-refractivity contribution < 1.29 is 22.8 Å². The van der Waals surface area contributed by atoms with Crippen LogP contribution in [-0.2, 0) is 22.8 Å². The molecule has 0 aromatic heterocycles. The molecule has 0 unspecified atom stereocenters. The number of ether oxygens (including phenoxy) is 1. The molecule has 0 atom stereocenters. The molecule has 0 aliphatic rings. The van der Waals surface area contributed by atoms with Crippen LogP contribution in [0.4, 0.5) is 0 Å². The predicted molar refractivity (Wildman–Crippen MR) is 85.1 cm³/mol. The van der Waals surface area contributed by atoms with Crippen molar-refractivity contribution in [1.82, 2.24) is 0 Å².